The molecule has 0 saturated carbocycles. The van der Waals surface area contributed by atoms with Crippen LogP contribution in [-0.4, -0.2) is 42.5 Å². The van der Waals surface area contributed by atoms with Gasteiger partial charge < -0.3 is 5.32 Å². The molecule has 3 aromatic rings. The van der Waals surface area contributed by atoms with E-state index in [1.807, 2.05) is 13.8 Å². The normalized spacial score (nSPS) is 11.7. The molecule has 0 aliphatic heterocycles. The Kier molecular flexibility index (Phi) is 6.28. The van der Waals surface area contributed by atoms with Gasteiger partial charge in [0.1, 0.15) is 5.82 Å². The van der Waals surface area contributed by atoms with Crippen molar-refractivity contribution in [3.05, 3.63) is 70.8 Å². The molecule has 1 aromatic heterocycles. The second-order valence-electron chi connectivity index (χ2n) is 7.53. The molecule has 0 aliphatic carbocycles. The molecule has 0 saturated heterocycles. The van der Waals surface area contributed by atoms with E-state index in [4.69, 9.17) is 0 Å². The molecule has 0 atom stereocenters. The lowest BCUT2D eigenvalue weighted by molar-refractivity contribution is -0.115. The second-order valence-corrected chi connectivity index (χ2v) is 9.65. The number of anilines is 1. The van der Waals surface area contributed by atoms with Gasteiger partial charge in [0.2, 0.25) is 15.9 Å². The summed E-state index contributed by atoms with van der Waals surface area (Å²) in [7, 11) is -0.701. The number of carbonyl (C=O) groups is 1. The Morgan fingerprint density at radius 2 is 1.74 bits per heavy atom. The van der Waals surface area contributed by atoms with Crippen LogP contribution in [0.3, 0.4) is 0 Å². The highest BCUT2D eigenvalue weighted by atomic mass is 32.2. The molecule has 1 N–H and O–H groups in total. The van der Waals surface area contributed by atoms with Crippen LogP contribution < -0.4 is 5.32 Å². The summed E-state index contributed by atoms with van der Waals surface area (Å²) < 4.78 is 41.0. The van der Waals surface area contributed by atoms with Crippen molar-refractivity contribution >= 4 is 21.6 Å². The molecule has 9 heteroatoms. The number of halogens is 1. The van der Waals surface area contributed by atoms with Gasteiger partial charge in [0, 0.05) is 31.0 Å². The molecule has 0 radical (unpaired) electrons. The zero-order valence-corrected chi connectivity index (χ0v) is 18.9. The summed E-state index contributed by atoms with van der Waals surface area (Å²) in [5.41, 5.74) is 3.92. The maximum absolute atomic E-state index is 13.2. The van der Waals surface area contributed by atoms with E-state index in [-0.39, 0.29) is 23.0 Å². The quantitative estimate of drug-likeness (QED) is 0.632. The largest absolute Gasteiger partial charge is 0.326 e. The van der Waals surface area contributed by atoms with Gasteiger partial charge in [-0.15, -0.1) is 0 Å². The maximum atomic E-state index is 13.2. The lowest BCUT2D eigenvalue weighted by Gasteiger charge is -2.15. The molecular formula is C22H25FN4O3S. The SMILES string of the molecule is Cc1ccc(NC(=O)Cc2c(C)nn(-c3ccc(F)cc3)c2C)cc1S(=O)(=O)N(C)C. The Bertz CT molecular complexity index is 1230. The lowest BCUT2D eigenvalue weighted by atomic mass is 10.1. The van der Waals surface area contributed by atoms with Gasteiger partial charge in [0.05, 0.1) is 22.7 Å². The number of hydrogen-bond donors (Lipinski definition) is 1. The number of carbonyl (C=O) groups excluding carboxylic acids is 1. The Hall–Kier alpha value is -3.04. The topological polar surface area (TPSA) is 84.3 Å². The van der Waals surface area contributed by atoms with Gasteiger partial charge in [-0.25, -0.2) is 21.8 Å². The van der Waals surface area contributed by atoms with Gasteiger partial charge in [-0.2, -0.15) is 5.10 Å². The molecule has 7 nitrogen and oxygen atoms in total. The predicted octanol–water partition coefficient (Wildman–Crippen LogP) is 3.37. The van der Waals surface area contributed by atoms with Crippen LogP contribution in [0.4, 0.5) is 10.1 Å². The zero-order valence-electron chi connectivity index (χ0n) is 18.1. The number of benzene rings is 2. The van der Waals surface area contributed by atoms with E-state index in [9.17, 15) is 17.6 Å². The van der Waals surface area contributed by atoms with E-state index in [0.29, 0.717) is 22.6 Å². The fourth-order valence-corrected chi connectivity index (χ4v) is 4.43. The summed E-state index contributed by atoms with van der Waals surface area (Å²) in [4.78, 5) is 12.8. The number of rotatable bonds is 6. The van der Waals surface area contributed by atoms with Gasteiger partial charge >= 0.3 is 0 Å². The Balaban J connectivity index is 1.83. The van der Waals surface area contributed by atoms with Gasteiger partial charge in [0.25, 0.3) is 0 Å². The standard InChI is InChI=1S/C22H25FN4O3S/c1-14-6-9-18(12-21(14)31(29,30)26(4)5)24-22(28)13-20-15(2)25-27(16(20)3)19-10-7-17(23)8-11-19/h6-12H,13H2,1-5H3,(H,24,28). The Morgan fingerprint density at radius 1 is 1.10 bits per heavy atom. The third kappa shape index (κ3) is 4.67. The molecular weight excluding hydrogens is 419 g/mol. The highest BCUT2D eigenvalue weighted by molar-refractivity contribution is 7.89. The Labute approximate surface area is 181 Å². The van der Waals surface area contributed by atoms with E-state index in [1.165, 1.54) is 32.3 Å². The molecule has 2 aromatic carbocycles. The molecule has 0 spiro atoms. The lowest BCUT2D eigenvalue weighted by Crippen LogP contribution is -2.23. The number of aromatic nitrogens is 2. The predicted molar refractivity (Wildman–Crippen MR) is 117 cm³/mol. The van der Waals surface area contributed by atoms with Crippen molar-refractivity contribution in [2.45, 2.75) is 32.1 Å². The van der Waals surface area contributed by atoms with Gasteiger partial charge in [-0.3, -0.25) is 4.79 Å². The second kappa shape index (κ2) is 8.60. The maximum Gasteiger partial charge on any atom is 0.242 e. The average molecular weight is 445 g/mol. The molecule has 0 bridgehead atoms. The number of amides is 1. The summed E-state index contributed by atoms with van der Waals surface area (Å²) in [6.45, 7) is 5.36. The molecule has 0 fully saturated rings. The van der Waals surface area contributed by atoms with Crippen molar-refractivity contribution in [3.63, 3.8) is 0 Å². The fourth-order valence-electron chi connectivity index (χ4n) is 3.28. The summed E-state index contributed by atoms with van der Waals surface area (Å²) in [6, 6.07) is 10.8. The van der Waals surface area contributed by atoms with Crippen LogP contribution in [0.5, 0.6) is 0 Å². The molecule has 164 valence electrons. The van der Waals surface area contributed by atoms with E-state index in [2.05, 4.69) is 10.4 Å². The van der Waals surface area contributed by atoms with Crippen molar-refractivity contribution in [2.24, 2.45) is 0 Å². The Morgan fingerprint density at radius 3 is 2.35 bits per heavy atom. The van der Waals surface area contributed by atoms with Crippen LogP contribution in [0.2, 0.25) is 0 Å². The third-order valence-corrected chi connectivity index (χ3v) is 7.04. The van der Waals surface area contributed by atoms with Crippen molar-refractivity contribution in [3.8, 4) is 5.69 Å². The smallest absolute Gasteiger partial charge is 0.242 e. The molecule has 3 rings (SSSR count). The average Bonchev–Trinajstić information content (AvgIpc) is 2.98. The summed E-state index contributed by atoms with van der Waals surface area (Å²) in [5.74, 6) is -0.624. The van der Waals surface area contributed by atoms with E-state index in [1.54, 1.807) is 35.9 Å². The number of nitrogens with one attached hydrogen (secondary N) is 1. The van der Waals surface area contributed by atoms with Crippen LogP contribution in [-0.2, 0) is 21.2 Å². The first-order chi connectivity index (χ1) is 14.5. The number of aryl methyl sites for hydroxylation is 2. The molecule has 0 aliphatic rings. The molecule has 1 heterocycles. The third-order valence-electron chi connectivity index (χ3n) is 5.08. The van der Waals surface area contributed by atoms with Gasteiger partial charge in [-0.05, 0) is 62.7 Å². The van der Waals surface area contributed by atoms with E-state index >= 15 is 0 Å². The first-order valence-electron chi connectivity index (χ1n) is 9.64. The first-order valence-corrected chi connectivity index (χ1v) is 11.1. The summed E-state index contributed by atoms with van der Waals surface area (Å²) in [6.07, 6.45) is 0.0719. The van der Waals surface area contributed by atoms with Gasteiger partial charge in [-0.1, -0.05) is 6.07 Å². The number of sulfonamides is 1. The van der Waals surface area contributed by atoms with Crippen LogP contribution in [0.15, 0.2) is 47.4 Å². The number of hydrogen-bond acceptors (Lipinski definition) is 4. The highest BCUT2D eigenvalue weighted by Crippen LogP contribution is 2.23. The summed E-state index contributed by atoms with van der Waals surface area (Å²) >= 11 is 0. The van der Waals surface area contributed by atoms with Crippen LogP contribution in [0, 0.1) is 26.6 Å². The first kappa shape index (κ1) is 22.6. The zero-order chi connectivity index (χ0) is 22.9. The molecule has 1 amide bonds. The van der Waals surface area contributed by atoms with E-state index < -0.39 is 10.0 Å². The van der Waals surface area contributed by atoms with Crippen molar-refractivity contribution in [2.75, 3.05) is 19.4 Å². The van der Waals surface area contributed by atoms with Crippen LogP contribution in [0.25, 0.3) is 5.69 Å². The monoisotopic (exact) mass is 444 g/mol. The van der Waals surface area contributed by atoms with Gasteiger partial charge in [0.15, 0.2) is 0 Å². The minimum Gasteiger partial charge on any atom is -0.326 e. The number of nitrogens with zero attached hydrogens (tertiary/aromatic N) is 3. The van der Waals surface area contributed by atoms with Crippen molar-refractivity contribution < 1.29 is 17.6 Å². The van der Waals surface area contributed by atoms with Crippen molar-refractivity contribution in [1.82, 2.24) is 14.1 Å². The molecule has 31 heavy (non-hydrogen) atoms. The minimum absolute atomic E-state index is 0.0719. The molecule has 0 unspecified atom stereocenters. The van der Waals surface area contributed by atoms with E-state index in [0.717, 1.165) is 15.6 Å². The van der Waals surface area contributed by atoms with Crippen LogP contribution in [0.1, 0.15) is 22.5 Å². The fraction of sp³-hybridized carbons (Fsp3) is 0.273. The van der Waals surface area contributed by atoms with Crippen molar-refractivity contribution in [1.29, 1.82) is 0 Å². The van der Waals surface area contributed by atoms with Crippen LogP contribution >= 0.6 is 0 Å². The summed E-state index contributed by atoms with van der Waals surface area (Å²) in [5, 5.41) is 7.25. The minimum atomic E-state index is -3.63. The highest BCUT2D eigenvalue weighted by Gasteiger charge is 2.21.